The van der Waals surface area contributed by atoms with E-state index >= 15 is 0 Å². The molecule has 0 atom stereocenters. The lowest BCUT2D eigenvalue weighted by molar-refractivity contribution is -0.109. The van der Waals surface area contributed by atoms with Gasteiger partial charge in [0.25, 0.3) is 0 Å². The van der Waals surface area contributed by atoms with Crippen LogP contribution >= 0.6 is 0 Å². The summed E-state index contributed by atoms with van der Waals surface area (Å²) in [6, 6.07) is 0. The summed E-state index contributed by atoms with van der Waals surface area (Å²) in [5.41, 5.74) is 0. The highest BCUT2D eigenvalue weighted by molar-refractivity contribution is 5.44. The van der Waals surface area contributed by atoms with E-state index in [4.69, 9.17) is 11.2 Å². The monoisotopic (exact) mass is 269 g/mol. The second kappa shape index (κ2) is 16.9. The third-order valence-corrected chi connectivity index (χ3v) is 2.84. The zero-order valence-corrected chi connectivity index (χ0v) is 13.1. The van der Waals surface area contributed by atoms with E-state index in [0.717, 1.165) is 6.42 Å². The van der Waals surface area contributed by atoms with Crippen LogP contribution in [0.3, 0.4) is 0 Å². The van der Waals surface area contributed by atoms with Gasteiger partial charge in [-0.2, -0.15) is 0 Å². The van der Waals surface area contributed by atoms with Gasteiger partial charge in [-0.3, -0.25) is 4.79 Å². The van der Waals surface area contributed by atoms with E-state index in [9.17, 15) is 0 Å². The Balaban J connectivity index is 0. The van der Waals surface area contributed by atoms with E-state index in [0.29, 0.717) is 6.41 Å². The van der Waals surface area contributed by atoms with Crippen LogP contribution < -0.4 is 5.32 Å². The number of rotatable bonds is 4. The zero-order valence-electron chi connectivity index (χ0n) is 13.1. The van der Waals surface area contributed by atoms with Gasteiger partial charge in [0.05, 0.1) is 0 Å². The van der Waals surface area contributed by atoms with Crippen LogP contribution in [0.25, 0.3) is 0 Å². The highest BCUT2D eigenvalue weighted by Gasteiger charge is 2.10. The summed E-state index contributed by atoms with van der Waals surface area (Å²) < 4.78 is 0. The third kappa shape index (κ3) is 16.9. The number of nitrogens with zero attached hydrogens (tertiary/aromatic N) is 2. The van der Waals surface area contributed by atoms with Crippen molar-refractivity contribution in [2.45, 2.75) is 33.1 Å². The molecule has 112 valence electrons. The minimum atomic E-state index is 0.625. The Morgan fingerprint density at radius 2 is 1.79 bits per heavy atom. The average molecular weight is 269 g/mol. The summed E-state index contributed by atoms with van der Waals surface area (Å²) in [5, 5.41) is 2.25. The van der Waals surface area contributed by atoms with Crippen LogP contribution in [0.4, 0.5) is 0 Å². The van der Waals surface area contributed by atoms with Crippen molar-refractivity contribution >= 4 is 6.41 Å². The molecule has 0 aromatic heterocycles. The minimum Gasteiger partial charge on any atom is -0.362 e. The lowest BCUT2D eigenvalue weighted by Gasteiger charge is -2.31. The number of piperazine rings is 1. The van der Waals surface area contributed by atoms with Crippen LogP contribution in [0.1, 0.15) is 33.1 Å². The molecular weight excluding hydrogens is 238 g/mol. The summed E-state index contributed by atoms with van der Waals surface area (Å²) in [4.78, 5) is 13.9. The number of terminal acetylenes is 1. The number of carbonyl (C=O) groups excluding carboxylic acids is 1. The number of unbranched alkanes of at least 4 members (excludes halogenated alkanes) is 2. The van der Waals surface area contributed by atoms with Crippen molar-refractivity contribution < 1.29 is 4.79 Å². The molecule has 1 heterocycles. The molecule has 0 radical (unpaired) electrons. The Hall–Kier alpha value is -1.05. The molecule has 1 N–H and O–H groups in total. The molecule has 1 aliphatic heterocycles. The molecule has 4 heteroatoms. The van der Waals surface area contributed by atoms with Crippen molar-refractivity contribution in [3.05, 3.63) is 0 Å². The van der Waals surface area contributed by atoms with Crippen molar-refractivity contribution in [1.29, 1.82) is 0 Å². The Kier molecular flexibility index (Phi) is 18.1. The normalized spacial score (nSPS) is 15.1. The van der Waals surface area contributed by atoms with Crippen LogP contribution in [-0.2, 0) is 4.79 Å². The molecule has 0 saturated carbocycles. The summed E-state index contributed by atoms with van der Waals surface area (Å²) in [5.74, 6) is 2.57. The second-order valence-electron chi connectivity index (χ2n) is 4.45. The number of nitrogens with one attached hydrogen (secondary N) is 1. The number of carbonyl (C=O) groups is 1. The molecule has 0 aliphatic carbocycles. The number of hydrogen-bond acceptors (Lipinski definition) is 3. The quantitative estimate of drug-likeness (QED) is 0.476. The number of amides is 1. The van der Waals surface area contributed by atoms with Gasteiger partial charge in [0.1, 0.15) is 0 Å². The molecule has 0 aromatic rings. The predicted octanol–water partition coefficient (Wildman–Crippen LogP) is 1.43. The average Bonchev–Trinajstić information content (AvgIpc) is 2.47. The van der Waals surface area contributed by atoms with Gasteiger partial charge < -0.3 is 15.1 Å². The van der Waals surface area contributed by atoms with Crippen LogP contribution in [0.15, 0.2) is 0 Å². The summed E-state index contributed by atoms with van der Waals surface area (Å²) >= 11 is 0. The van der Waals surface area contributed by atoms with E-state index in [2.05, 4.69) is 41.9 Å². The molecule has 0 bridgehead atoms. The maximum Gasteiger partial charge on any atom is 0.206 e. The van der Waals surface area contributed by atoms with E-state index in [-0.39, 0.29) is 0 Å². The molecule has 1 aliphatic rings. The smallest absolute Gasteiger partial charge is 0.206 e. The molecule has 1 amide bonds. The largest absolute Gasteiger partial charge is 0.362 e. The fourth-order valence-corrected chi connectivity index (χ4v) is 1.44. The molecule has 1 fully saturated rings. The summed E-state index contributed by atoms with van der Waals surface area (Å²) in [6.45, 7) is 10.6. The standard InChI is InChI=1S/C7H16N2.C6H10.C2H5NO/c1-3-9-6-4-8(2)5-7-9;1-3-5-6-4-2;1-3-2-4/h3-7H2,1-2H3;1H,4-6H2,2H3;2H,1H3,(H,3,4). The number of hydrogen-bond donors (Lipinski definition) is 1. The molecular formula is C15H31N3O. The second-order valence-corrected chi connectivity index (χ2v) is 4.45. The zero-order chi connectivity index (χ0) is 14.9. The van der Waals surface area contributed by atoms with Crippen molar-refractivity contribution in [3.8, 4) is 12.3 Å². The molecule has 0 unspecified atom stereocenters. The minimum absolute atomic E-state index is 0.625. The fourth-order valence-electron chi connectivity index (χ4n) is 1.44. The summed E-state index contributed by atoms with van der Waals surface area (Å²) in [7, 11) is 3.75. The van der Waals surface area contributed by atoms with Crippen LogP contribution in [0.2, 0.25) is 0 Å². The van der Waals surface area contributed by atoms with Gasteiger partial charge in [-0.1, -0.05) is 20.3 Å². The van der Waals surface area contributed by atoms with E-state index < -0.39 is 0 Å². The lowest BCUT2D eigenvalue weighted by Crippen LogP contribution is -2.44. The molecule has 1 rings (SSSR count). The molecule has 0 aromatic carbocycles. The first-order valence-electron chi connectivity index (χ1n) is 7.11. The third-order valence-electron chi connectivity index (χ3n) is 2.84. The molecule has 19 heavy (non-hydrogen) atoms. The van der Waals surface area contributed by atoms with Crippen LogP contribution in [0.5, 0.6) is 0 Å². The van der Waals surface area contributed by atoms with Gasteiger partial charge >= 0.3 is 0 Å². The topological polar surface area (TPSA) is 35.6 Å². The molecule has 0 spiro atoms. The van der Waals surface area contributed by atoms with Crippen LogP contribution in [-0.4, -0.2) is 63.0 Å². The maximum absolute atomic E-state index is 9.06. The Labute approximate surface area is 119 Å². The van der Waals surface area contributed by atoms with Crippen molar-refractivity contribution in [2.75, 3.05) is 46.8 Å². The van der Waals surface area contributed by atoms with Gasteiger partial charge in [-0.15, -0.1) is 12.3 Å². The first-order valence-corrected chi connectivity index (χ1v) is 7.11. The van der Waals surface area contributed by atoms with E-state index in [1.54, 1.807) is 7.05 Å². The Morgan fingerprint density at radius 3 is 2.05 bits per heavy atom. The van der Waals surface area contributed by atoms with Gasteiger partial charge in [0, 0.05) is 39.6 Å². The fraction of sp³-hybridized carbons (Fsp3) is 0.800. The van der Waals surface area contributed by atoms with Crippen molar-refractivity contribution in [3.63, 3.8) is 0 Å². The van der Waals surface area contributed by atoms with Gasteiger partial charge in [0.2, 0.25) is 6.41 Å². The summed E-state index contributed by atoms with van der Waals surface area (Å²) in [6.07, 6.45) is 8.92. The highest BCUT2D eigenvalue weighted by atomic mass is 16.1. The van der Waals surface area contributed by atoms with Gasteiger partial charge in [-0.05, 0) is 20.0 Å². The van der Waals surface area contributed by atoms with E-state index in [1.807, 2.05) is 0 Å². The molecule has 4 nitrogen and oxygen atoms in total. The first-order chi connectivity index (χ1) is 9.15. The van der Waals surface area contributed by atoms with Gasteiger partial charge in [-0.25, -0.2) is 0 Å². The predicted molar refractivity (Wildman–Crippen MR) is 83.1 cm³/mol. The highest BCUT2D eigenvalue weighted by Crippen LogP contribution is 1.96. The lowest BCUT2D eigenvalue weighted by atomic mass is 10.3. The SMILES string of the molecule is C#CCCCC.CCN1CCN(C)CC1.CNC=O. The number of likely N-dealkylation sites (N-methyl/N-ethyl adjacent to an activating group) is 2. The van der Waals surface area contributed by atoms with Crippen LogP contribution in [0, 0.1) is 12.3 Å². The Bertz CT molecular complexity index is 218. The van der Waals surface area contributed by atoms with Crippen molar-refractivity contribution in [2.24, 2.45) is 0 Å². The van der Waals surface area contributed by atoms with Gasteiger partial charge in [0.15, 0.2) is 0 Å². The maximum atomic E-state index is 9.06. The Morgan fingerprint density at radius 1 is 1.26 bits per heavy atom. The van der Waals surface area contributed by atoms with Crippen molar-refractivity contribution in [1.82, 2.24) is 15.1 Å². The van der Waals surface area contributed by atoms with E-state index in [1.165, 1.54) is 45.6 Å². The first kappa shape index (κ1) is 20.3. The molecule has 1 saturated heterocycles.